The Morgan fingerprint density at radius 1 is 1.17 bits per heavy atom. The first-order valence-corrected chi connectivity index (χ1v) is 8.79. The van der Waals surface area contributed by atoms with Gasteiger partial charge in [0.15, 0.2) is 0 Å². The van der Waals surface area contributed by atoms with E-state index in [-0.39, 0.29) is 18.1 Å². The van der Waals surface area contributed by atoms with Crippen molar-refractivity contribution in [1.82, 2.24) is 9.88 Å². The van der Waals surface area contributed by atoms with Crippen LogP contribution in [0.15, 0.2) is 18.3 Å². The molecular formula is C18H27N3O3. The first-order valence-electron chi connectivity index (χ1n) is 8.79. The van der Waals surface area contributed by atoms with E-state index >= 15 is 0 Å². The number of hydrogen-bond donors (Lipinski definition) is 0. The Kier molecular flexibility index (Phi) is 5.68. The van der Waals surface area contributed by atoms with Crippen molar-refractivity contribution in [3.05, 3.63) is 23.9 Å². The highest BCUT2D eigenvalue weighted by Crippen LogP contribution is 2.20. The average Bonchev–Trinajstić information content (AvgIpc) is 3.27. The van der Waals surface area contributed by atoms with E-state index in [1.54, 1.807) is 12.3 Å². The number of rotatable bonds is 6. The fourth-order valence-corrected chi connectivity index (χ4v) is 3.29. The third kappa shape index (κ3) is 4.24. The molecule has 0 bridgehead atoms. The van der Waals surface area contributed by atoms with Gasteiger partial charge in [-0.05, 0) is 37.8 Å². The highest BCUT2D eigenvalue weighted by Gasteiger charge is 2.27. The molecule has 132 valence electrons. The highest BCUT2D eigenvalue weighted by atomic mass is 16.5. The molecule has 24 heavy (non-hydrogen) atoms. The molecule has 1 amide bonds. The van der Waals surface area contributed by atoms with Gasteiger partial charge in [0.25, 0.3) is 5.91 Å². The Balaban J connectivity index is 1.74. The van der Waals surface area contributed by atoms with Crippen molar-refractivity contribution in [1.29, 1.82) is 0 Å². The van der Waals surface area contributed by atoms with Crippen LogP contribution in [0.3, 0.4) is 0 Å². The second kappa shape index (κ2) is 7.94. The van der Waals surface area contributed by atoms with E-state index in [0.717, 1.165) is 44.7 Å². The lowest BCUT2D eigenvalue weighted by molar-refractivity contribution is 0.0307. The van der Waals surface area contributed by atoms with E-state index in [4.69, 9.17) is 9.47 Å². The first kappa shape index (κ1) is 17.2. The van der Waals surface area contributed by atoms with Crippen molar-refractivity contribution in [2.24, 2.45) is 0 Å². The van der Waals surface area contributed by atoms with Crippen LogP contribution in [0.1, 0.15) is 36.0 Å². The van der Waals surface area contributed by atoms with Crippen LogP contribution in [0.25, 0.3) is 0 Å². The third-order valence-electron chi connectivity index (χ3n) is 4.63. The molecule has 3 heterocycles. The molecule has 2 atom stereocenters. The summed E-state index contributed by atoms with van der Waals surface area (Å²) in [7, 11) is 3.85. The van der Waals surface area contributed by atoms with Crippen LogP contribution < -0.4 is 4.90 Å². The summed E-state index contributed by atoms with van der Waals surface area (Å²) in [5.41, 5.74) is 0.671. The molecule has 1 aromatic heterocycles. The molecule has 2 fully saturated rings. The normalized spacial score (nSPS) is 23.4. The van der Waals surface area contributed by atoms with Gasteiger partial charge in [0.2, 0.25) is 0 Å². The zero-order valence-corrected chi connectivity index (χ0v) is 14.6. The number of hydrogen-bond acceptors (Lipinski definition) is 5. The molecule has 3 rings (SSSR count). The van der Waals surface area contributed by atoms with Gasteiger partial charge in [0.1, 0.15) is 5.82 Å². The van der Waals surface area contributed by atoms with Crippen LogP contribution in [0, 0.1) is 0 Å². The Morgan fingerprint density at radius 2 is 1.79 bits per heavy atom. The maximum Gasteiger partial charge on any atom is 0.254 e. The van der Waals surface area contributed by atoms with Gasteiger partial charge in [0.05, 0.1) is 12.2 Å². The summed E-state index contributed by atoms with van der Waals surface area (Å²) < 4.78 is 11.5. The highest BCUT2D eigenvalue weighted by molar-refractivity contribution is 5.94. The third-order valence-corrected chi connectivity index (χ3v) is 4.63. The smallest absolute Gasteiger partial charge is 0.254 e. The van der Waals surface area contributed by atoms with E-state index < -0.39 is 0 Å². The quantitative estimate of drug-likeness (QED) is 0.796. The molecule has 6 nitrogen and oxygen atoms in total. The predicted octanol–water partition coefficient (Wildman–Crippen LogP) is 1.95. The maximum atomic E-state index is 13.1. The van der Waals surface area contributed by atoms with Gasteiger partial charge in [0, 0.05) is 52.2 Å². The summed E-state index contributed by atoms with van der Waals surface area (Å²) in [5, 5.41) is 0. The molecule has 0 saturated carbocycles. The van der Waals surface area contributed by atoms with Gasteiger partial charge in [-0.2, -0.15) is 0 Å². The summed E-state index contributed by atoms with van der Waals surface area (Å²) >= 11 is 0. The van der Waals surface area contributed by atoms with E-state index in [0.29, 0.717) is 18.7 Å². The zero-order valence-electron chi connectivity index (χ0n) is 14.6. The van der Waals surface area contributed by atoms with Gasteiger partial charge in [-0.15, -0.1) is 0 Å². The fraction of sp³-hybridized carbons (Fsp3) is 0.667. The molecule has 1 aromatic rings. The Hall–Kier alpha value is -1.66. The minimum Gasteiger partial charge on any atom is -0.376 e. The van der Waals surface area contributed by atoms with E-state index in [2.05, 4.69) is 4.98 Å². The number of anilines is 1. The van der Waals surface area contributed by atoms with Crippen LogP contribution in [0.4, 0.5) is 5.82 Å². The van der Waals surface area contributed by atoms with Gasteiger partial charge in [-0.1, -0.05) is 0 Å². The standard InChI is InChI=1S/C18H27N3O3/c1-20(2)17-11-14(7-8-19-17)18(22)21(12-15-5-3-9-23-15)13-16-6-4-10-24-16/h7-8,11,15-16H,3-6,9-10,12-13H2,1-2H3/t15-,16-/m0/s1. The summed E-state index contributed by atoms with van der Waals surface area (Å²) in [5.74, 6) is 0.821. The number of carbonyl (C=O) groups excluding carboxylic acids is 1. The number of ether oxygens (including phenoxy) is 2. The van der Waals surface area contributed by atoms with Crippen molar-refractivity contribution in [3.63, 3.8) is 0 Å². The van der Waals surface area contributed by atoms with Gasteiger partial charge < -0.3 is 19.3 Å². The van der Waals surface area contributed by atoms with Crippen LogP contribution in [-0.2, 0) is 9.47 Å². The lowest BCUT2D eigenvalue weighted by Crippen LogP contribution is -2.42. The molecule has 2 aliphatic rings. The van der Waals surface area contributed by atoms with Gasteiger partial charge in [-0.3, -0.25) is 4.79 Å². The lowest BCUT2D eigenvalue weighted by atomic mass is 10.1. The van der Waals surface area contributed by atoms with E-state index in [1.807, 2.05) is 30.0 Å². The van der Waals surface area contributed by atoms with Crippen LogP contribution in [0.2, 0.25) is 0 Å². The fourth-order valence-electron chi connectivity index (χ4n) is 3.29. The topological polar surface area (TPSA) is 54.9 Å². The van der Waals surface area contributed by atoms with Crippen molar-refractivity contribution in [3.8, 4) is 0 Å². The zero-order chi connectivity index (χ0) is 16.9. The molecule has 2 aliphatic heterocycles. The number of amides is 1. The summed E-state index contributed by atoms with van der Waals surface area (Å²) in [6.07, 6.45) is 6.18. The largest absolute Gasteiger partial charge is 0.376 e. The molecule has 0 radical (unpaired) electrons. The molecule has 0 unspecified atom stereocenters. The molecule has 0 spiro atoms. The lowest BCUT2D eigenvalue weighted by Gasteiger charge is -2.28. The second-order valence-corrected chi connectivity index (χ2v) is 6.78. The monoisotopic (exact) mass is 333 g/mol. The molecular weight excluding hydrogens is 306 g/mol. The van der Waals surface area contributed by atoms with E-state index in [1.165, 1.54) is 0 Å². The minimum absolute atomic E-state index is 0.0338. The SMILES string of the molecule is CN(C)c1cc(C(=O)N(C[C@@H]2CCCO2)C[C@@H]2CCCO2)ccn1. The minimum atomic E-state index is 0.0338. The second-order valence-electron chi connectivity index (χ2n) is 6.78. The Labute approximate surface area is 143 Å². The predicted molar refractivity (Wildman–Crippen MR) is 92.4 cm³/mol. The summed E-state index contributed by atoms with van der Waals surface area (Å²) in [6.45, 7) is 2.87. The Morgan fingerprint density at radius 3 is 2.29 bits per heavy atom. The molecule has 0 aliphatic carbocycles. The van der Waals surface area contributed by atoms with Crippen LogP contribution in [-0.4, -0.2) is 68.4 Å². The molecule has 2 saturated heterocycles. The number of pyridine rings is 1. The van der Waals surface area contributed by atoms with Crippen LogP contribution in [0.5, 0.6) is 0 Å². The molecule has 0 aromatic carbocycles. The number of carbonyl (C=O) groups is 1. The van der Waals surface area contributed by atoms with Crippen molar-refractivity contribution in [2.45, 2.75) is 37.9 Å². The number of nitrogens with zero attached hydrogens (tertiary/aromatic N) is 3. The maximum absolute atomic E-state index is 13.1. The van der Waals surface area contributed by atoms with Crippen LogP contribution >= 0.6 is 0 Å². The average molecular weight is 333 g/mol. The molecule has 6 heteroatoms. The van der Waals surface area contributed by atoms with Crippen molar-refractivity contribution in [2.75, 3.05) is 45.3 Å². The summed E-state index contributed by atoms with van der Waals surface area (Å²) in [6, 6.07) is 3.63. The van der Waals surface area contributed by atoms with Gasteiger partial charge in [-0.25, -0.2) is 4.98 Å². The Bertz CT molecular complexity index is 534. The van der Waals surface area contributed by atoms with Crippen molar-refractivity contribution < 1.29 is 14.3 Å². The first-order chi connectivity index (χ1) is 11.6. The van der Waals surface area contributed by atoms with E-state index in [9.17, 15) is 4.79 Å². The van der Waals surface area contributed by atoms with Crippen molar-refractivity contribution >= 4 is 11.7 Å². The van der Waals surface area contributed by atoms with Gasteiger partial charge >= 0.3 is 0 Å². The summed E-state index contributed by atoms with van der Waals surface area (Å²) in [4.78, 5) is 21.2. The molecule has 0 N–H and O–H groups in total. The number of aromatic nitrogens is 1.